The van der Waals surface area contributed by atoms with Crippen LogP contribution in [0.3, 0.4) is 0 Å². The Bertz CT molecular complexity index is 482. The van der Waals surface area contributed by atoms with Crippen molar-refractivity contribution in [3.05, 3.63) is 41.5 Å². The Balaban J connectivity index is 2.58. The molecule has 1 aromatic carbocycles. The van der Waals surface area contributed by atoms with Crippen molar-refractivity contribution < 1.29 is 4.39 Å². The summed E-state index contributed by atoms with van der Waals surface area (Å²) in [6, 6.07) is 4.77. The van der Waals surface area contributed by atoms with E-state index in [0.717, 1.165) is 11.3 Å². The Kier molecular flexibility index (Phi) is 2.19. The summed E-state index contributed by atoms with van der Waals surface area (Å²) in [7, 11) is 0. The van der Waals surface area contributed by atoms with Crippen LogP contribution in [0, 0.1) is 19.7 Å². The highest BCUT2D eigenvalue weighted by atomic mass is 19.1. The Morgan fingerprint density at radius 1 is 1.27 bits per heavy atom. The largest absolute Gasteiger partial charge is 0.369 e. The molecule has 1 heterocycles. The summed E-state index contributed by atoms with van der Waals surface area (Å²) in [4.78, 5) is 4.07. The van der Waals surface area contributed by atoms with E-state index in [1.807, 2.05) is 19.9 Å². The first kappa shape index (κ1) is 9.71. The summed E-state index contributed by atoms with van der Waals surface area (Å²) >= 11 is 0. The summed E-state index contributed by atoms with van der Waals surface area (Å²) in [6.45, 7) is 3.69. The summed E-state index contributed by atoms with van der Waals surface area (Å²) < 4.78 is 14.8. The van der Waals surface area contributed by atoms with Crippen LogP contribution in [0.25, 0.3) is 5.69 Å². The molecule has 1 aromatic heterocycles. The Morgan fingerprint density at radius 3 is 2.53 bits per heavy atom. The zero-order chi connectivity index (χ0) is 11.0. The lowest BCUT2D eigenvalue weighted by Crippen LogP contribution is -2.00. The number of benzene rings is 1. The van der Waals surface area contributed by atoms with Gasteiger partial charge in [0.1, 0.15) is 5.82 Å². The monoisotopic (exact) mass is 205 g/mol. The van der Waals surface area contributed by atoms with E-state index >= 15 is 0 Å². The van der Waals surface area contributed by atoms with Gasteiger partial charge in [0, 0.05) is 6.20 Å². The van der Waals surface area contributed by atoms with E-state index in [2.05, 4.69) is 4.98 Å². The molecule has 4 heteroatoms. The lowest BCUT2D eigenvalue weighted by Gasteiger charge is -2.05. The lowest BCUT2D eigenvalue weighted by atomic mass is 10.2. The van der Waals surface area contributed by atoms with Gasteiger partial charge in [-0.1, -0.05) is 0 Å². The Labute approximate surface area is 87.4 Å². The maximum absolute atomic E-state index is 13.2. The highest BCUT2D eigenvalue weighted by Crippen LogP contribution is 2.17. The Morgan fingerprint density at radius 2 is 2.00 bits per heavy atom. The molecule has 0 aliphatic rings. The van der Waals surface area contributed by atoms with Crippen LogP contribution in [0.4, 0.5) is 10.3 Å². The topological polar surface area (TPSA) is 43.8 Å². The van der Waals surface area contributed by atoms with E-state index in [0.29, 0.717) is 11.6 Å². The fourth-order valence-corrected chi connectivity index (χ4v) is 1.58. The molecule has 0 atom stereocenters. The summed E-state index contributed by atoms with van der Waals surface area (Å²) in [5.41, 5.74) is 8.07. The van der Waals surface area contributed by atoms with Crippen LogP contribution in [0.1, 0.15) is 11.3 Å². The van der Waals surface area contributed by atoms with E-state index in [1.54, 1.807) is 10.8 Å². The fraction of sp³-hybridized carbons (Fsp3) is 0.182. The molecule has 2 N–H and O–H groups in total. The molecular weight excluding hydrogens is 193 g/mol. The molecule has 0 unspecified atom stereocenters. The third kappa shape index (κ3) is 1.83. The highest BCUT2D eigenvalue weighted by Gasteiger charge is 2.05. The quantitative estimate of drug-likeness (QED) is 0.775. The molecule has 2 rings (SSSR count). The zero-order valence-corrected chi connectivity index (χ0v) is 8.66. The highest BCUT2D eigenvalue weighted by molar-refractivity contribution is 5.42. The minimum Gasteiger partial charge on any atom is -0.369 e. The van der Waals surface area contributed by atoms with Gasteiger partial charge in [-0.05, 0) is 37.6 Å². The van der Waals surface area contributed by atoms with E-state index in [1.165, 1.54) is 12.1 Å². The van der Waals surface area contributed by atoms with Crippen molar-refractivity contribution in [3.8, 4) is 5.69 Å². The van der Waals surface area contributed by atoms with Gasteiger partial charge in [0.2, 0.25) is 5.95 Å². The second kappa shape index (κ2) is 3.38. The van der Waals surface area contributed by atoms with Gasteiger partial charge in [0.05, 0.1) is 11.4 Å². The molecule has 15 heavy (non-hydrogen) atoms. The van der Waals surface area contributed by atoms with Crippen molar-refractivity contribution in [1.82, 2.24) is 9.55 Å². The number of aromatic nitrogens is 2. The summed E-state index contributed by atoms with van der Waals surface area (Å²) in [5.74, 6) is 0.105. The molecule has 0 saturated heterocycles. The number of rotatable bonds is 1. The van der Waals surface area contributed by atoms with Crippen LogP contribution >= 0.6 is 0 Å². The van der Waals surface area contributed by atoms with Gasteiger partial charge in [-0.25, -0.2) is 9.37 Å². The van der Waals surface area contributed by atoms with E-state index < -0.39 is 0 Å². The first-order valence-electron chi connectivity index (χ1n) is 4.65. The van der Waals surface area contributed by atoms with Gasteiger partial charge in [-0.2, -0.15) is 0 Å². The molecule has 0 spiro atoms. The predicted octanol–water partition coefficient (Wildman–Crippen LogP) is 2.21. The van der Waals surface area contributed by atoms with Gasteiger partial charge in [0.15, 0.2) is 0 Å². The van der Waals surface area contributed by atoms with Crippen LogP contribution in [0.15, 0.2) is 24.4 Å². The van der Waals surface area contributed by atoms with Crippen LogP contribution in [0.2, 0.25) is 0 Å². The number of aryl methyl sites for hydroxylation is 2. The van der Waals surface area contributed by atoms with Gasteiger partial charge >= 0.3 is 0 Å². The second-order valence-corrected chi connectivity index (χ2v) is 3.60. The third-order valence-corrected chi connectivity index (χ3v) is 2.16. The molecule has 78 valence electrons. The second-order valence-electron chi connectivity index (χ2n) is 3.60. The average molecular weight is 205 g/mol. The number of nitrogens with zero attached hydrogens (tertiary/aromatic N) is 2. The fourth-order valence-electron chi connectivity index (χ4n) is 1.58. The molecular formula is C11H12FN3. The first-order chi connectivity index (χ1) is 7.06. The maximum atomic E-state index is 13.2. The number of nitrogens with two attached hydrogens (primary N) is 1. The number of hydrogen-bond acceptors (Lipinski definition) is 2. The third-order valence-electron chi connectivity index (χ3n) is 2.16. The normalized spacial score (nSPS) is 10.6. The number of imidazole rings is 1. The molecule has 0 bridgehead atoms. The molecule has 2 aromatic rings. The van der Waals surface area contributed by atoms with Crippen molar-refractivity contribution in [3.63, 3.8) is 0 Å². The van der Waals surface area contributed by atoms with Crippen LogP contribution in [-0.2, 0) is 0 Å². The van der Waals surface area contributed by atoms with E-state index in [-0.39, 0.29) is 5.82 Å². The number of halogens is 1. The van der Waals surface area contributed by atoms with Crippen LogP contribution < -0.4 is 5.73 Å². The SMILES string of the molecule is Cc1cc(F)cc(-n2cc(C)nc2N)c1. The molecule has 0 saturated carbocycles. The molecule has 0 amide bonds. The average Bonchev–Trinajstić information content (AvgIpc) is 2.43. The number of nitrogen functional groups attached to an aromatic ring is 1. The summed E-state index contributed by atoms with van der Waals surface area (Å²) in [6.07, 6.45) is 1.78. The maximum Gasteiger partial charge on any atom is 0.205 e. The zero-order valence-electron chi connectivity index (χ0n) is 8.66. The smallest absolute Gasteiger partial charge is 0.205 e. The molecule has 0 aliphatic carbocycles. The predicted molar refractivity (Wildman–Crippen MR) is 57.4 cm³/mol. The summed E-state index contributed by atoms with van der Waals surface area (Å²) in [5, 5.41) is 0. The van der Waals surface area contributed by atoms with Crippen molar-refractivity contribution in [2.45, 2.75) is 13.8 Å². The molecule has 3 nitrogen and oxygen atoms in total. The van der Waals surface area contributed by atoms with Gasteiger partial charge < -0.3 is 5.73 Å². The van der Waals surface area contributed by atoms with E-state index in [4.69, 9.17) is 5.73 Å². The van der Waals surface area contributed by atoms with Crippen molar-refractivity contribution >= 4 is 5.95 Å². The standard InChI is InChI=1S/C11H12FN3/c1-7-3-9(12)5-10(4-7)15-6-8(2)14-11(15)13/h3-6H,1-2H3,(H2,13,14). The molecule has 0 aliphatic heterocycles. The van der Waals surface area contributed by atoms with Gasteiger partial charge in [0.25, 0.3) is 0 Å². The van der Waals surface area contributed by atoms with Crippen molar-refractivity contribution in [1.29, 1.82) is 0 Å². The van der Waals surface area contributed by atoms with Crippen molar-refractivity contribution in [2.75, 3.05) is 5.73 Å². The molecule has 0 radical (unpaired) electrons. The van der Waals surface area contributed by atoms with Crippen LogP contribution in [0.5, 0.6) is 0 Å². The molecule has 0 fully saturated rings. The van der Waals surface area contributed by atoms with E-state index in [9.17, 15) is 4.39 Å². The van der Waals surface area contributed by atoms with Gasteiger partial charge in [-0.15, -0.1) is 0 Å². The van der Waals surface area contributed by atoms with Gasteiger partial charge in [-0.3, -0.25) is 4.57 Å². The minimum atomic E-state index is -0.268. The lowest BCUT2D eigenvalue weighted by molar-refractivity contribution is 0.625. The number of anilines is 1. The Hall–Kier alpha value is -1.84. The number of hydrogen-bond donors (Lipinski definition) is 1. The van der Waals surface area contributed by atoms with Crippen LogP contribution in [-0.4, -0.2) is 9.55 Å². The van der Waals surface area contributed by atoms with Crippen molar-refractivity contribution in [2.24, 2.45) is 0 Å². The first-order valence-corrected chi connectivity index (χ1v) is 4.65. The minimum absolute atomic E-state index is 0.268.